The number of guanidine groups is 1. The third-order valence-corrected chi connectivity index (χ3v) is 6.57. The Morgan fingerprint density at radius 1 is 1.31 bits per heavy atom. The Hall–Kier alpha value is -0.870. The van der Waals surface area contributed by atoms with Crippen LogP contribution >= 0.6 is 24.0 Å². The zero-order chi connectivity index (χ0) is 18.6. The molecule has 1 aliphatic carbocycles. The molecule has 0 amide bonds. The van der Waals surface area contributed by atoms with Crippen molar-refractivity contribution in [3.05, 3.63) is 29.8 Å². The third kappa shape index (κ3) is 6.09. The van der Waals surface area contributed by atoms with Crippen LogP contribution in [0, 0.1) is 5.92 Å². The minimum Gasteiger partial charge on any atom is -0.357 e. The molecule has 2 unspecified atom stereocenters. The van der Waals surface area contributed by atoms with Crippen LogP contribution < -0.4 is 10.6 Å². The first kappa shape index (κ1) is 23.2. The molecule has 148 valence electrons. The molecule has 1 saturated carbocycles. The van der Waals surface area contributed by atoms with Crippen LogP contribution in [-0.4, -0.2) is 44.4 Å². The second kappa shape index (κ2) is 9.89. The highest BCUT2D eigenvalue weighted by Crippen LogP contribution is 2.28. The van der Waals surface area contributed by atoms with Gasteiger partial charge < -0.3 is 10.6 Å². The van der Waals surface area contributed by atoms with Crippen LogP contribution in [0.5, 0.6) is 0 Å². The van der Waals surface area contributed by atoms with Crippen LogP contribution in [-0.2, 0) is 16.6 Å². The predicted octanol–water partition coefficient (Wildman–Crippen LogP) is 2.80. The van der Waals surface area contributed by atoms with E-state index in [0.29, 0.717) is 23.4 Å². The maximum Gasteiger partial charge on any atom is 0.243 e. The van der Waals surface area contributed by atoms with Gasteiger partial charge in [0.25, 0.3) is 0 Å². The second-order valence-corrected chi connectivity index (χ2v) is 8.92. The summed E-state index contributed by atoms with van der Waals surface area (Å²) in [5.74, 6) is 1.51. The third-order valence-electron chi connectivity index (χ3n) is 4.52. The molecule has 8 heteroatoms. The Labute approximate surface area is 174 Å². The van der Waals surface area contributed by atoms with Crippen molar-refractivity contribution in [1.82, 2.24) is 14.9 Å². The van der Waals surface area contributed by atoms with E-state index >= 15 is 0 Å². The number of hydrogen-bond acceptors (Lipinski definition) is 3. The summed E-state index contributed by atoms with van der Waals surface area (Å²) < 4.78 is 26.3. The quantitative estimate of drug-likeness (QED) is 0.348. The molecule has 0 radical (unpaired) electrons. The molecule has 6 nitrogen and oxygen atoms in total. The normalized spacial score (nSPS) is 20.0. The van der Waals surface area contributed by atoms with E-state index in [1.165, 1.54) is 10.7 Å². The van der Waals surface area contributed by atoms with Gasteiger partial charge >= 0.3 is 0 Å². The zero-order valence-corrected chi connectivity index (χ0v) is 19.3. The van der Waals surface area contributed by atoms with Crippen molar-refractivity contribution in [2.24, 2.45) is 10.9 Å². The molecule has 2 N–H and O–H groups in total. The fourth-order valence-corrected chi connectivity index (χ4v) is 3.77. The van der Waals surface area contributed by atoms with Crippen molar-refractivity contribution in [3.8, 4) is 0 Å². The SMILES string of the molecule is CCNC(=NCc1ccc(S(=O)(=O)N(C)C(C)C)cc1)NC1CC1C.I. The number of aliphatic imine (C=N–C) groups is 1. The van der Waals surface area contributed by atoms with E-state index in [-0.39, 0.29) is 30.0 Å². The Balaban J connectivity index is 0.00000338. The first-order valence-electron chi connectivity index (χ1n) is 8.87. The van der Waals surface area contributed by atoms with E-state index in [1.807, 2.05) is 32.9 Å². The van der Waals surface area contributed by atoms with Gasteiger partial charge in [-0.05, 0) is 50.8 Å². The summed E-state index contributed by atoms with van der Waals surface area (Å²) in [4.78, 5) is 4.90. The highest BCUT2D eigenvalue weighted by atomic mass is 127. The number of sulfonamides is 1. The lowest BCUT2D eigenvalue weighted by molar-refractivity contribution is 0.410. The average molecular weight is 494 g/mol. The van der Waals surface area contributed by atoms with Gasteiger partial charge in [0.2, 0.25) is 10.0 Å². The summed E-state index contributed by atoms with van der Waals surface area (Å²) in [6.45, 7) is 9.29. The van der Waals surface area contributed by atoms with Crippen LogP contribution in [0.4, 0.5) is 0 Å². The molecule has 0 saturated heterocycles. The van der Waals surface area contributed by atoms with Gasteiger partial charge in [0.15, 0.2) is 5.96 Å². The van der Waals surface area contributed by atoms with Crippen molar-refractivity contribution in [1.29, 1.82) is 0 Å². The Morgan fingerprint density at radius 3 is 2.35 bits per heavy atom. The number of nitrogens with zero attached hydrogens (tertiary/aromatic N) is 2. The van der Waals surface area contributed by atoms with Gasteiger partial charge in [-0.15, -0.1) is 24.0 Å². The summed E-state index contributed by atoms with van der Waals surface area (Å²) in [5.41, 5.74) is 0.979. The molecule has 1 fully saturated rings. The molecule has 2 atom stereocenters. The number of nitrogens with one attached hydrogen (secondary N) is 2. The molecule has 1 aromatic rings. The highest BCUT2D eigenvalue weighted by Gasteiger charge is 2.33. The van der Waals surface area contributed by atoms with Gasteiger partial charge in [0, 0.05) is 25.7 Å². The minimum atomic E-state index is -3.44. The largest absolute Gasteiger partial charge is 0.357 e. The van der Waals surface area contributed by atoms with Gasteiger partial charge in [-0.2, -0.15) is 4.31 Å². The number of benzene rings is 1. The molecule has 26 heavy (non-hydrogen) atoms. The standard InChI is InChI=1S/C18H30N4O2S.HI/c1-6-19-18(21-17-11-14(17)4)20-12-15-7-9-16(10-8-15)25(23,24)22(5)13(2)3;/h7-10,13-14,17H,6,11-12H2,1-5H3,(H2,19,20,21);1H. The molecule has 0 aromatic heterocycles. The van der Waals surface area contributed by atoms with Gasteiger partial charge in [0.05, 0.1) is 11.4 Å². The fraction of sp³-hybridized carbons (Fsp3) is 0.611. The van der Waals surface area contributed by atoms with Gasteiger partial charge in [-0.1, -0.05) is 19.1 Å². The van der Waals surface area contributed by atoms with Crippen molar-refractivity contribution < 1.29 is 8.42 Å². The van der Waals surface area contributed by atoms with Gasteiger partial charge in [-0.25, -0.2) is 13.4 Å². The molecule has 0 bridgehead atoms. The Bertz CT molecular complexity index is 704. The lowest BCUT2D eigenvalue weighted by atomic mass is 10.2. The molecule has 0 spiro atoms. The second-order valence-electron chi connectivity index (χ2n) is 6.92. The van der Waals surface area contributed by atoms with Crippen LogP contribution in [0.2, 0.25) is 0 Å². The topological polar surface area (TPSA) is 73.8 Å². The van der Waals surface area contributed by atoms with Crippen molar-refractivity contribution >= 4 is 40.0 Å². The van der Waals surface area contributed by atoms with Crippen LogP contribution in [0.15, 0.2) is 34.2 Å². The maximum absolute atomic E-state index is 12.5. The predicted molar refractivity (Wildman–Crippen MR) is 117 cm³/mol. The molecule has 2 rings (SSSR count). The van der Waals surface area contributed by atoms with Crippen molar-refractivity contribution in [2.45, 2.75) is 57.6 Å². The molecule has 0 heterocycles. The van der Waals surface area contributed by atoms with E-state index in [1.54, 1.807) is 19.2 Å². The van der Waals surface area contributed by atoms with Gasteiger partial charge in [0.1, 0.15) is 0 Å². The smallest absolute Gasteiger partial charge is 0.243 e. The molecule has 1 aromatic carbocycles. The Morgan fingerprint density at radius 2 is 1.88 bits per heavy atom. The van der Waals surface area contributed by atoms with E-state index in [0.717, 1.165) is 18.1 Å². The van der Waals surface area contributed by atoms with Crippen molar-refractivity contribution in [2.75, 3.05) is 13.6 Å². The van der Waals surface area contributed by atoms with Crippen LogP contribution in [0.3, 0.4) is 0 Å². The molecular formula is C18H31IN4O2S. The number of hydrogen-bond donors (Lipinski definition) is 2. The van der Waals surface area contributed by atoms with Crippen LogP contribution in [0.25, 0.3) is 0 Å². The number of halogens is 1. The molecule has 0 aliphatic heterocycles. The maximum atomic E-state index is 12.5. The van der Waals surface area contributed by atoms with Gasteiger partial charge in [-0.3, -0.25) is 0 Å². The first-order valence-corrected chi connectivity index (χ1v) is 10.3. The molecule has 1 aliphatic rings. The highest BCUT2D eigenvalue weighted by molar-refractivity contribution is 14.0. The number of rotatable bonds is 7. The Kier molecular flexibility index (Phi) is 8.81. The fourth-order valence-electron chi connectivity index (χ4n) is 2.40. The first-order chi connectivity index (χ1) is 11.8. The minimum absolute atomic E-state index is 0. The zero-order valence-electron chi connectivity index (χ0n) is 16.2. The van der Waals surface area contributed by atoms with E-state index in [4.69, 9.17) is 0 Å². The summed E-state index contributed by atoms with van der Waals surface area (Å²) in [7, 11) is -1.83. The average Bonchev–Trinajstić information content (AvgIpc) is 3.27. The van der Waals surface area contributed by atoms with Crippen LogP contribution in [0.1, 0.15) is 39.7 Å². The van der Waals surface area contributed by atoms with Crippen molar-refractivity contribution in [3.63, 3.8) is 0 Å². The van der Waals surface area contributed by atoms with E-state index in [2.05, 4.69) is 22.5 Å². The molecular weight excluding hydrogens is 463 g/mol. The lowest BCUT2D eigenvalue weighted by Crippen LogP contribution is -2.39. The monoisotopic (exact) mass is 494 g/mol. The van der Waals surface area contributed by atoms with E-state index < -0.39 is 10.0 Å². The summed E-state index contributed by atoms with van der Waals surface area (Å²) >= 11 is 0. The summed E-state index contributed by atoms with van der Waals surface area (Å²) in [6.07, 6.45) is 1.18. The summed E-state index contributed by atoms with van der Waals surface area (Å²) in [6, 6.07) is 7.40. The van der Waals surface area contributed by atoms with E-state index in [9.17, 15) is 8.42 Å². The lowest BCUT2D eigenvalue weighted by Gasteiger charge is -2.21. The summed E-state index contributed by atoms with van der Waals surface area (Å²) in [5, 5.41) is 6.66.